The van der Waals surface area contributed by atoms with Crippen LogP contribution < -0.4 is 10.6 Å². The molecule has 0 bridgehead atoms. The molecule has 0 aromatic carbocycles. The molecule has 2 heterocycles. The predicted octanol–water partition coefficient (Wildman–Crippen LogP) is 2.92. The van der Waals surface area contributed by atoms with Crippen LogP contribution in [-0.4, -0.2) is 35.0 Å². The Morgan fingerprint density at radius 2 is 2.32 bits per heavy atom. The number of amides is 1. The zero-order valence-electron chi connectivity index (χ0n) is 10.3. The maximum Gasteiger partial charge on any atom is 0.234 e. The predicted molar refractivity (Wildman–Crippen MR) is 83.9 cm³/mol. The maximum absolute atomic E-state index is 11.8. The van der Waals surface area contributed by atoms with Crippen molar-refractivity contribution < 1.29 is 4.79 Å². The first-order chi connectivity index (χ1) is 9.15. The smallest absolute Gasteiger partial charge is 0.234 e. The molecule has 19 heavy (non-hydrogen) atoms. The molecule has 7 heteroatoms. The zero-order valence-corrected chi connectivity index (χ0v) is 13.4. The van der Waals surface area contributed by atoms with Crippen LogP contribution in [0.25, 0.3) is 0 Å². The van der Waals surface area contributed by atoms with Gasteiger partial charge in [-0.25, -0.2) is 4.98 Å². The molecule has 1 aliphatic heterocycles. The summed E-state index contributed by atoms with van der Waals surface area (Å²) in [6, 6.07) is 1.75. The summed E-state index contributed by atoms with van der Waals surface area (Å²) in [5.41, 5.74) is 0.659. The molecule has 1 aromatic rings. The second-order valence-corrected chi connectivity index (χ2v) is 6.81. The van der Waals surface area contributed by atoms with Gasteiger partial charge in [0.15, 0.2) is 0 Å². The fraction of sp³-hybridized carbons (Fsp3) is 0.500. The van der Waals surface area contributed by atoms with E-state index in [0.29, 0.717) is 26.3 Å². The van der Waals surface area contributed by atoms with Gasteiger partial charge < -0.3 is 10.6 Å². The number of nitrogens with zero attached hydrogens (tertiary/aromatic N) is 1. The average molecular weight is 365 g/mol. The third-order valence-electron chi connectivity index (χ3n) is 2.82. The van der Waals surface area contributed by atoms with Crippen LogP contribution >= 0.6 is 39.3 Å². The summed E-state index contributed by atoms with van der Waals surface area (Å²) in [7, 11) is 0. The van der Waals surface area contributed by atoms with Crippen molar-refractivity contribution in [3.63, 3.8) is 0 Å². The third kappa shape index (κ3) is 4.95. The largest absolute Gasteiger partial charge is 0.324 e. The van der Waals surface area contributed by atoms with Crippen LogP contribution in [0.4, 0.5) is 5.69 Å². The molecule has 1 aromatic heterocycles. The van der Waals surface area contributed by atoms with Gasteiger partial charge in [-0.3, -0.25) is 4.79 Å². The van der Waals surface area contributed by atoms with Gasteiger partial charge in [0.2, 0.25) is 5.91 Å². The molecular formula is C12H15BrClN3OS. The molecule has 0 unspecified atom stereocenters. The van der Waals surface area contributed by atoms with Gasteiger partial charge in [0, 0.05) is 5.25 Å². The number of hydrogen-bond acceptors (Lipinski definition) is 4. The van der Waals surface area contributed by atoms with E-state index in [2.05, 4.69) is 31.5 Å². The van der Waals surface area contributed by atoms with Crippen LogP contribution in [0.2, 0.25) is 5.15 Å². The molecule has 0 aliphatic carbocycles. The summed E-state index contributed by atoms with van der Waals surface area (Å²) in [6.07, 6.45) is 3.82. The number of piperidine rings is 1. The van der Waals surface area contributed by atoms with E-state index in [4.69, 9.17) is 11.6 Å². The minimum Gasteiger partial charge on any atom is -0.324 e. The lowest BCUT2D eigenvalue weighted by Gasteiger charge is -2.21. The standard InChI is InChI=1S/C12H15BrClN3OS/c13-10-5-8(6-16-12(10)14)17-11(18)7-19-9-1-3-15-4-2-9/h5-6,9,15H,1-4,7H2,(H,17,18). The molecule has 1 aliphatic rings. The first kappa shape index (κ1) is 15.1. The van der Waals surface area contributed by atoms with E-state index < -0.39 is 0 Å². The number of carbonyl (C=O) groups excluding carboxylic acids is 1. The number of thioether (sulfide) groups is 1. The highest BCUT2D eigenvalue weighted by Crippen LogP contribution is 2.24. The Bertz CT molecular complexity index is 455. The number of rotatable bonds is 4. The van der Waals surface area contributed by atoms with E-state index >= 15 is 0 Å². The van der Waals surface area contributed by atoms with E-state index in [0.717, 1.165) is 25.9 Å². The van der Waals surface area contributed by atoms with Crippen molar-refractivity contribution in [1.29, 1.82) is 0 Å². The molecule has 0 atom stereocenters. The molecule has 0 radical (unpaired) electrons. The van der Waals surface area contributed by atoms with E-state index in [-0.39, 0.29) is 5.91 Å². The number of halogens is 2. The summed E-state index contributed by atoms with van der Waals surface area (Å²) >= 11 is 10.8. The zero-order chi connectivity index (χ0) is 13.7. The monoisotopic (exact) mass is 363 g/mol. The molecule has 1 amide bonds. The lowest BCUT2D eigenvalue weighted by Crippen LogP contribution is -2.30. The number of nitrogens with one attached hydrogen (secondary N) is 2. The summed E-state index contributed by atoms with van der Waals surface area (Å²) in [5, 5.41) is 7.11. The Balaban J connectivity index is 1.78. The highest BCUT2D eigenvalue weighted by atomic mass is 79.9. The number of pyridine rings is 1. The lowest BCUT2D eigenvalue weighted by molar-refractivity contribution is -0.113. The fourth-order valence-electron chi connectivity index (χ4n) is 1.84. The number of aromatic nitrogens is 1. The van der Waals surface area contributed by atoms with Crippen molar-refractivity contribution >= 4 is 50.9 Å². The Kier molecular flexibility index (Phi) is 5.94. The molecular weight excluding hydrogens is 350 g/mol. The minimum absolute atomic E-state index is 0.000412. The highest BCUT2D eigenvalue weighted by molar-refractivity contribution is 9.10. The van der Waals surface area contributed by atoms with Crippen LogP contribution in [0.5, 0.6) is 0 Å². The molecule has 104 valence electrons. The van der Waals surface area contributed by atoms with Crippen LogP contribution in [0.15, 0.2) is 16.7 Å². The Morgan fingerprint density at radius 1 is 1.58 bits per heavy atom. The fourth-order valence-corrected chi connectivity index (χ4v) is 3.32. The van der Waals surface area contributed by atoms with Crippen molar-refractivity contribution in [2.24, 2.45) is 0 Å². The lowest BCUT2D eigenvalue weighted by atomic mass is 10.2. The van der Waals surface area contributed by atoms with Gasteiger partial charge >= 0.3 is 0 Å². The van der Waals surface area contributed by atoms with Crippen molar-refractivity contribution in [3.05, 3.63) is 21.9 Å². The van der Waals surface area contributed by atoms with Crippen LogP contribution in [0.1, 0.15) is 12.8 Å². The second-order valence-electron chi connectivity index (χ2n) is 4.31. The SMILES string of the molecule is O=C(CSC1CCNCC1)Nc1cnc(Cl)c(Br)c1. The van der Waals surface area contributed by atoms with Crippen molar-refractivity contribution in [3.8, 4) is 0 Å². The number of carbonyl (C=O) groups is 1. The number of hydrogen-bond donors (Lipinski definition) is 2. The van der Waals surface area contributed by atoms with E-state index in [1.165, 1.54) is 0 Å². The van der Waals surface area contributed by atoms with Crippen molar-refractivity contribution in [2.75, 3.05) is 24.2 Å². The second kappa shape index (κ2) is 7.47. The quantitative estimate of drug-likeness (QED) is 0.807. The first-order valence-corrected chi connectivity index (χ1v) is 8.30. The molecule has 1 saturated heterocycles. The van der Waals surface area contributed by atoms with E-state index in [1.54, 1.807) is 24.0 Å². The Hall–Kier alpha value is -0.300. The summed E-state index contributed by atoms with van der Waals surface area (Å²) < 4.78 is 0.679. The first-order valence-electron chi connectivity index (χ1n) is 6.08. The van der Waals surface area contributed by atoms with Crippen molar-refractivity contribution in [2.45, 2.75) is 18.1 Å². The van der Waals surface area contributed by atoms with Gasteiger partial charge in [0.25, 0.3) is 0 Å². The normalized spacial score (nSPS) is 16.3. The van der Waals surface area contributed by atoms with Gasteiger partial charge in [0.05, 0.1) is 22.1 Å². The van der Waals surface area contributed by atoms with Crippen molar-refractivity contribution in [1.82, 2.24) is 10.3 Å². The molecule has 0 spiro atoms. The topological polar surface area (TPSA) is 54.0 Å². The van der Waals surface area contributed by atoms with Crippen LogP contribution in [0.3, 0.4) is 0 Å². The third-order valence-corrected chi connectivity index (χ3v) is 5.32. The molecule has 0 saturated carbocycles. The van der Waals surface area contributed by atoms with Gasteiger partial charge in [-0.05, 0) is 47.9 Å². The molecule has 2 N–H and O–H groups in total. The average Bonchev–Trinajstić information content (AvgIpc) is 2.42. The highest BCUT2D eigenvalue weighted by Gasteiger charge is 2.15. The summed E-state index contributed by atoms with van der Waals surface area (Å²) in [4.78, 5) is 15.8. The molecule has 4 nitrogen and oxygen atoms in total. The minimum atomic E-state index is -0.000412. The van der Waals surface area contributed by atoms with Gasteiger partial charge in [-0.2, -0.15) is 0 Å². The Labute approximate surface area is 130 Å². The summed E-state index contributed by atoms with van der Waals surface area (Å²) in [6.45, 7) is 2.10. The summed E-state index contributed by atoms with van der Waals surface area (Å²) in [5.74, 6) is 0.477. The van der Waals surface area contributed by atoms with Gasteiger partial charge in [-0.1, -0.05) is 11.6 Å². The molecule has 1 fully saturated rings. The van der Waals surface area contributed by atoms with Gasteiger partial charge in [-0.15, -0.1) is 11.8 Å². The van der Waals surface area contributed by atoms with E-state index in [9.17, 15) is 4.79 Å². The van der Waals surface area contributed by atoms with Crippen LogP contribution in [-0.2, 0) is 4.79 Å². The number of anilines is 1. The van der Waals surface area contributed by atoms with E-state index in [1.807, 2.05) is 0 Å². The maximum atomic E-state index is 11.8. The van der Waals surface area contributed by atoms with Crippen LogP contribution in [0, 0.1) is 0 Å². The van der Waals surface area contributed by atoms with Gasteiger partial charge in [0.1, 0.15) is 5.15 Å². The Morgan fingerprint density at radius 3 is 3.00 bits per heavy atom. The molecule has 2 rings (SSSR count).